The number of rotatable bonds is 5. The Morgan fingerprint density at radius 2 is 1.68 bits per heavy atom. The molecule has 0 radical (unpaired) electrons. The zero-order chi connectivity index (χ0) is 20.3. The van der Waals surface area contributed by atoms with Gasteiger partial charge in [0, 0.05) is 49.2 Å². The van der Waals surface area contributed by atoms with Crippen LogP contribution < -0.4 is 10.2 Å². The highest BCUT2D eigenvalue weighted by atomic mass is 16.4. The number of hydrogen-bond donors (Lipinski definition) is 2. The quantitative estimate of drug-likeness (QED) is 0.830. The average molecular weight is 381 g/mol. The number of hydrogen-bond acceptors (Lipinski definition) is 4. The molecule has 1 heterocycles. The molecule has 0 bridgehead atoms. The number of nitrogens with zero attached hydrogens (tertiary/aromatic N) is 2. The highest BCUT2D eigenvalue weighted by Crippen LogP contribution is 2.24. The van der Waals surface area contributed by atoms with Crippen LogP contribution in [0.15, 0.2) is 42.5 Å². The number of carboxylic acid groups (broad SMARTS) is 1. The van der Waals surface area contributed by atoms with E-state index < -0.39 is 5.97 Å². The molecule has 6 heteroatoms. The van der Waals surface area contributed by atoms with Gasteiger partial charge in [0.25, 0.3) is 5.91 Å². The van der Waals surface area contributed by atoms with Crippen LogP contribution in [0.1, 0.15) is 40.1 Å². The zero-order valence-electron chi connectivity index (χ0n) is 16.6. The fourth-order valence-electron chi connectivity index (χ4n) is 3.51. The fourth-order valence-corrected chi connectivity index (χ4v) is 3.51. The molecule has 2 aromatic carbocycles. The number of carbonyl (C=O) groups excluding carboxylic acids is 1. The summed E-state index contributed by atoms with van der Waals surface area (Å²) in [5, 5.41) is 12.0. The van der Waals surface area contributed by atoms with E-state index in [0.717, 1.165) is 37.4 Å². The van der Waals surface area contributed by atoms with Crippen LogP contribution in [0.4, 0.5) is 11.4 Å². The van der Waals surface area contributed by atoms with Crippen LogP contribution in [-0.2, 0) is 0 Å². The lowest BCUT2D eigenvalue weighted by Crippen LogP contribution is -2.48. The summed E-state index contributed by atoms with van der Waals surface area (Å²) in [4.78, 5) is 28.5. The molecule has 0 atom stereocenters. The Morgan fingerprint density at radius 1 is 1.00 bits per heavy atom. The van der Waals surface area contributed by atoms with E-state index in [-0.39, 0.29) is 11.5 Å². The normalized spacial score (nSPS) is 14.9. The van der Waals surface area contributed by atoms with Crippen LogP contribution in [0.2, 0.25) is 0 Å². The van der Waals surface area contributed by atoms with Crippen molar-refractivity contribution >= 4 is 23.3 Å². The van der Waals surface area contributed by atoms with Gasteiger partial charge >= 0.3 is 5.97 Å². The van der Waals surface area contributed by atoms with Gasteiger partial charge < -0.3 is 15.3 Å². The summed E-state index contributed by atoms with van der Waals surface area (Å²) < 4.78 is 0. The first-order valence-electron chi connectivity index (χ1n) is 9.59. The maximum atomic E-state index is 12.6. The van der Waals surface area contributed by atoms with E-state index in [4.69, 9.17) is 5.11 Å². The molecule has 2 aromatic rings. The lowest BCUT2D eigenvalue weighted by atomic mass is 10.1. The molecule has 0 aromatic heterocycles. The van der Waals surface area contributed by atoms with Gasteiger partial charge in [0.1, 0.15) is 0 Å². The second kappa shape index (κ2) is 8.44. The second-order valence-electron chi connectivity index (χ2n) is 7.51. The number of amides is 1. The number of nitrogens with one attached hydrogen (secondary N) is 1. The van der Waals surface area contributed by atoms with Crippen LogP contribution in [0.3, 0.4) is 0 Å². The van der Waals surface area contributed by atoms with Crippen molar-refractivity contribution in [2.75, 3.05) is 36.4 Å². The Bertz CT molecular complexity index is 871. The van der Waals surface area contributed by atoms with Crippen LogP contribution in [0, 0.1) is 6.92 Å². The topological polar surface area (TPSA) is 72.9 Å². The number of piperazine rings is 1. The highest BCUT2D eigenvalue weighted by molar-refractivity contribution is 6.05. The summed E-state index contributed by atoms with van der Waals surface area (Å²) in [5.74, 6) is -1.36. The number of carboxylic acids is 1. The van der Waals surface area contributed by atoms with Crippen molar-refractivity contribution in [2.24, 2.45) is 0 Å². The Morgan fingerprint density at radius 3 is 2.32 bits per heavy atom. The SMILES string of the molecule is Cc1cc(NC(=O)c2cccc(C(=O)O)c2)cc(N2CCN(C(C)C)CC2)c1. The fraction of sp³-hybridized carbons (Fsp3) is 0.364. The van der Waals surface area contributed by atoms with Gasteiger partial charge in [0.05, 0.1) is 5.56 Å². The predicted octanol–water partition coefficient (Wildman–Crippen LogP) is 3.48. The molecule has 3 rings (SSSR count). The first kappa shape index (κ1) is 19.9. The molecule has 148 valence electrons. The highest BCUT2D eigenvalue weighted by Gasteiger charge is 2.19. The average Bonchev–Trinajstić information content (AvgIpc) is 2.67. The summed E-state index contributed by atoms with van der Waals surface area (Å²) in [6.07, 6.45) is 0. The lowest BCUT2D eigenvalue weighted by Gasteiger charge is -2.38. The van der Waals surface area contributed by atoms with Crippen molar-refractivity contribution in [1.29, 1.82) is 0 Å². The number of aryl methyl sites for hydroxylation is 1. The van der Waals surface area contributed by atoms with E-state index in [1.165, 1.54) is 12.1 Å². The molecule has 6 nitrogen and oxygen atoms in total. The van der Waals surface area contributed by atoms with E-state index in [9.17, 15) is 9.59 Å². The molecule has 0 saturated carbocycles. The van der Waals surface area contributed by atoms with Crippen molar-refractivity contribution < 1.29 is 14.7 Å². The van der Waals surface area contributed by atoms with Crippen molar-refractivity contribution in [3.8, 4) is 0 Å². The van der Waals surface area contributed by atoms with Gasteiger partial charge in [-0.05, 0) is 62.7 Å². The molecular weight excluding hydrogens is 354 g/mol. The first-order valence-corrected chi connectivity index (χ1v) is 9.59. The van der Waals surface area contributed by atoms with Crippen LogP contribution >= 0.6 is 0 Å². The van der Waals surface area contributed by atoms with E-state index >= 15 is 0 Å². The molecule has 0 unspecified atom stereocenters. The summed E-state index contributed by atoms with van der Waals surface area (Å²) in [7, 11) is 0. The van der Waals surface area contributed by atoms with E-state index in [1.54, 1.807) is 12.1 Å². The molecule has 0 aliphatic carbocycles. The molecule has 1 fully saturated rings. The predicted molar refractivity (Wildman–Crippen MR) is 111 cm³/mol. The molecule has 1 aliphatic heterocycles. The van der Waals surface area contributed by atoms with Crippen LogP contribution in [0.5, 0.6) is 0 Å². The molecule has 1 aliphatic rings. The largest absolute Gasteiger partial charge is 0.478 e. The van der Waals surface area contributed by atoms with Gasteiger partial charge in [-0.1, -0.05) is 6.07 Å². The molecule has 1 amide bonds. The summed E-state index contributed by atoms with van der Waals surface area (Å²) in [6.45, 7) is 10.4. The van der Waals surface area contributed by atoms with Crippen molar-refractivity contribution in [3.05, 3.63) is 59.2 Å². The number of carbonyl (C=O) groups is 2. The first-order chi connectivity index (χ1) is 13.3. The Labute approximate surface area is 165 Å². The van der Waals surface area contributed by atoms with E-state index in [2.05, 4.69) is 35.0 Å². The van der Waals surface area contributed by atoms with Crippen LogP contribution in [0.25, 0.3) is 0 Å². The maximum absolute atomic E-state index is 12.6. The van der Waals surface area contributed by atoms with Gasteiger partial charge in [0.2, 0.25) is 0 Å². The number of benzene rings is 2. The van der Waals surface area contributed by atoms with Crippen molar-refractivity contribution in [1.82, 2.24) is 4.90 Å². The zero-order valence-corrected chi connectivity index (χ0v) is 16.6. The van der Waals surface area contributed by atoms with Gasteiger partial charge in [0.15, 0.2) is 0 Å². The minimum Gasteiger partial charge on any atom is -0.478 e. The van der Waals surface area contributed by atoms with E-state index in [0.29, 0.717) is 17.3 Å². The minimum atomic E-state index is -1.05. The third-order valence-electron chi connectivity index (χ3n) is 5.10. The van der Waals surface area contributed by atoms with Gasteiger partial charge in [-0.15, -0.1) is 0 Å². The molecule has 1 saturated heterocycles. The molecule has 28 heavy (non-hydrogen) atoms. The lowest BCUT2D eigenvalue weighted by molar-refractivity contribution is 0.0697. The Kier molecular flexibility index (Phi) is 5.99. The summed E-state index contributed by atoms with van der Waals surface area (Å²) >= 11 is 0. The smallest absolute Gasteiger partial charge is 0.335 e. The Balaban J connectivity index is 1.74. The number of aromatic carboxylic acids is 1. The van der Waals surface area contributed by atoms with Gasteiger partial charge in [-0.25, -0.2) is 4.79 Å². The van der Waals surface area contributed by atoms with Gasteiger partial charge in [-0.3, -0.25) is 9.69 Å². The van der Waals surface area contributed by atoms with Crippen molar-refractivity contribution in [3.63, 3.8) is 0 Å². The Hall–Kier alpha value is -2.86. The van der Waals surface area contributed by atoms with E-state index in [1.807, 2.05) is 19.1 Å². The third kappa shape index (κ3) is 4.70. The molecular formula is C22H27N3O3. The monoisotopic (exact) mass is 381 g/mol. The number of anilines is 2. The minimum absolute atomic E-state index is 0.0978. The summed E-state index contributed by atoms with van der Waals surface area (Å²) in [6, 6.07) is 12.6. The molecule has 2 N–H and O–H groups in total. The maximum Gasteiger partial charge on any atom is 0.335 e. The van der Waals surface area contributed by atoms with Crippen LogP contribution in [-0.4, -0.2) is 54.1 Å². The third-order valence-corrected chi connectivity index (χ3v) is 5.10. The van der Waals surface area contributed by atoms with Crippen molar-refractivity contribution in [2.45, 2.75) is 26.8 Å². The summed E-state index contributed by atoms with van der Waals surface area (Å²) in [5.41, 5.74) is 3.30. The standard InChI is InChI=1S/C22H27N3O3/c1-15(2)24-7-9-25(10-8-24)20-12-16(3)11-19(14-20)23-21(26)17-5-4-6-18(13-17)22(27)28/h4-6,11-15H,7-10H2,1-3H3,(H,23,26)(H,27,28). The molecule has 0 spiro atoms. The second-order valence-corrected chi connectivity index (χ2v) is 7.51. The van der Waals surface area contributed by atoms with Gasteiger partial charge in [-0.2, -0.15) is 0 Å².